The van der Waals surface area contributed by atoms with Crippen LogP contribution in [0.2, 0.25) is 0 Å². The maximum absolute atomic E-state index is 10.7. The van der Waals surface area contributed by atoms with Gasteiger partial charge in [-0.25, -0.2) is 0 Å². The number of hydrogen-bond acceptors (Lipinski definition) is 2. The van der Waals surface area contributed by atoms with Crippen molar-refractivity contribution in [3.63, 3.8) is 0 Å². The van der Waals surface area contributed by atoms with Crippen molar-refractivity contribution < 1.29 is 4.92 Å². The van der Waals surface area contributed by atoms with E-state index in [9.17, 15) is 10.1 Å². The third kappa shape index (κ3) is 3.47. The van der Waals surface area contributed by atoms with Gasteiger partial charge < -0.3 is 0 Å². The highest BCUT2D eigenvalue weighted by atomic mass is 79.9. The maximum atomic E-state index is 10.7. The number of alkyl halides is 1. The number of nitro groups is 1. The molecule has 0 fully saturated rings. The first-order valence-electron chi connectivity index (χ1n) is 4.62. The van der Waals surface area contributed by atoms with E-state index < -0.39 is 0 Å². The van der Waals surface area contributed by atoms with Gasteiger partial charge >= 0.3 is 0 Å². The minimum Gasteiger partial charge on any atom is -0.258 e. The van der Waals surface area contributed by atoms with E-state index in [0.29, 0.717) is 5.56 Å². The fraction of sp³-hybridized carbons (Fsp3) is 0.273. The zero-order valence-electron chi connectivity index (χ0n) is 8.44. The predicted octanol–water partition coefficient (Wildman–Crippen LogP) is 3.70. The number of rotatable bonds is 4. The molecule has 0 unspecified atom stereocenters. The Hall–Kier alpha value is -1.16. The lowest BCUT2D eigenvalue weighted by Crippen LogP contribution is -1.91. The summed E-state index contributed by atoms with van der Waals surface area (Å²) in [6.45, 7) is 1.92. The molecule has 1 aromatic carbocycles. The molecule has 0 aliphatic heterocycles. The Morgan fingerprint density at radius 1 is 1.53 bits per heavy atom. The lowest BCUT2D eigenvalue weighted by molar-refractivity contribution is -0.385. The van der Waals surface area contributed by atoms with Gasteiger partial charge in [0.1, 0.15) is 0 Å². The second-order valence-electron chi connectivity index (χ2n) is 3.20. The predicted molar refractivity (Wildman–Crippen MR) is 65.3 cm³/mol. The van der Waals surface area contributed by atoms with E-state index in [1.807, 2.05) is 19.1 Å². The number of aryl methyl sites for hydroxylation is 1. The van der Waals surface area contributed by atoms with Gasteiger partial charge in [-0.2, -0.15) is 0 Å². The molecule has 0 bridgehead atoms. The summed E-state index contributed by atoms with van der Waals surface area (Å²) in [5.74, 6) is 0. The SMILES string of the molecule is Cc1ccc([N+](=O)[O-])c(C=CCCBr)c1. The van der Waals surface area contributed by atoms with E-state index in [1.165, 1.54) is 0 Å². The van der Waals surface area contributed by atoms with Crippen LogP contribution in [0.1, 0.15) is 17.5 Å². The van der Waals surface area contributed by atoms with Gasteiger partial charge in [-0.1, -0.05) is 39.7 Å². The zero-order valence-corrected chi connectivity index (χ0v) is 10.0. The second-order valence-corrected chi connectivity index (χ2v) is 3.99. The minimum atomic E-state index is -0.354. The van der Waals surface area contributed by atoms with Crippen LogP contribution in [0.3, 0.4) is 0 Å². The molecule has 3 nitrogen and oxygen atoms in total. The summed E-state index contributed by atoms with van der Waals surface area (Å²) in [7, 11) is 0. The summed E-state index contributed by atoms with van der Waals surface area (Å²) in [6, 6.07) is 5.12. The van der Waals surface area contributed by atoms with Crippen molar-refractivity contribution in [1.29, 1.82) is 0 Å². The molecule has 1 rings (SSSR count). The summed E-state index contributed by atoms with van der Waals surface area (Å²) in [5, 5.41) is 11.6. The lowest BCUT2D eigenvalue weighted by Gasteiger charge is -1.98. The first-order valence-corrected chi connectivity index (χ1v) is 5.75. The number of benzene rings is 1. The third-order valence-electron chi connectivity index (χ3n) is 1.95. The van der Waals surface area contributed by atoms with Gasteiger partial charge in [0.15, 0.2) is 0 Å². The summed E-state index contributed by atoms with van der Waals surface area (Å²) < 4.78 is 0. The molecule has 80 valence electrons. The highest BCUT2D eigenvalue weighted by molar-refractivity contribution is 9.09. The lowest BCUT2D eigenvalue weighted by atomic mass is 10.1. The van der Waals surface area contributed by atoms with Gasteiger partial charge in [0.05, 0.1) is 10.5 Å². The molecule has 0 amide bonds. The molecule has 0 aliphatic carbocycles. The van der Waals surface area contributed by atoms with Gasteiger partial charge in [-0.15, -0.1) is 0 Å². The molecule has 0 N–H and O–H groups in total. The van der Waals surface area contributed by atoms with Crippen molar-refractivity contribution in [2.75, 3.05) is 5.33 Å². The van der Waals surface area contributed by atoms with Gasteiger partial charge in [-0.3, -0.25) is 10.1 Å². The molecule has 0 saturated heterocycles. The summed E-state index contributed by atoms with van der Waals surface area (Å²) >= 11 is 3.30. The average Bonchev–Trinajstić information content (AvgIpc) is 2.18. The minimum absolute atomic E-state index is 0.159. The van der Waals surface area contributed by atoms with Crippen LogP contribution >= 0.6 is 15.9 Å². The maximum Gasteiger partial charge on any atom is 0.276 e. The molecule has 15 heavy (non-hydrogen) atoms. The molecule has 0 atom stereocenters. The molecule has 0 spiro atoms. The summed E-state index contributed by atoms with van der Waals surface area (Å²) in [5.41, 5.74) is 1.85. The van der Waals surface area contributed by atoms with Crippen LogP contribution in [0.4, 0.5) is 5.69 Å². The van der Waals surface area contributed by atoms with Crippen LogP contribution in [-0.2, 0) is 0 Å². The Morgan fingerprint density at radius 2 is 2.27 bits per heavy atom. The van der Waals surface area contributed by atoms with E-state index in [4.69, 9.17) is 0 Å². The van der Waals surface area contributed by atoms with Crippen molar-refractivity contribution in [2.24, 2.45) is 0 Å². The summed E-state index contributed by atoms with van der Waals surface area (Å²) in [4.78, 5) is 10.4. The molecule has 0 aliphatic rings. The molecule has 0 heterocycles. The Balaban J connectivity index is 3.02. The van der Waals surface area contributed by atoms with Gasteiger partial charge in [0.25, 0.3) is 5.69 Å². The van der Waals surface area contributed by atoms with Crippen LogP contribution in [0.25, 0.3) is 6.08 Å². The zero-order chi connectivity index (χ0) is 11.3. The van der Waals surface area contributed by atoms with Crippen LogP contribution in [0, 0.1) is 17.0 Å². The summed E-state index contributed by atoms with van der Waals surface area (Å²) in [6.07, 6.45) is 4.59. The average molecular weight is 270 g/mol. The molecule has 4 heteroatoms. The Morgan fingerprint density at radius 3 is 2.87 bits per heavy atom. The quantitative estimate of drug-likeness (QED) is 0.475. The fourth-order valence-corrected chi connectivity index (χ4v) is 1.51. The van der Waals surface area contributed by atoms with Crippen molar-refractivity contribution in [3.8, 4) is 0 Å². The highest BCUT2D eigenvalue weighted by Gasteiger charge is 2.10. The fourth-order valence-electron chi connectivity index (χ4n) is 1.25. The third-order valence-corrected chi connectivity index (χ3v) is 2.41. The molecule has 1 aromatic rings. The van der Waals surface area contributed by atoms with Crippen molar-refractivity contribution in [1.82, 2.24) is 0 Å². The van der Waals surface area contributed by atoms with E-state index in [-0.39, 0.29) is 10.6 Å². The van der Waals surface area contributed by atoms with Gasteiger partial charge in [0, 0.05) is 11.4 Å². The molecular weight excluding hydrogens is 258 g/mol. The number of hydrogen-bond donors (Lipinski definition) is 0. The number of nitro benzene ring substituents is 1. The van der Waals surface area contributed by atoms with E-state index >= 15 is 0 Å². The van der Waals surface area contributed by atoms with Crippen LogP contribution < -0.4 is 0 Å². The van der Waals surface area contributed by atoms with Crippen LogP contribution in [0.5, 0.6) is 0 Å². The number of allylic oxidation sites excluding steroid dienone is 1. The highest BCUT2D eigenvalue weighted by Crippen LogP contribution is 2.21. The monoisotopic (exact) mass is 269 g/mol. The van der Waals surface area contributed by atoms with Crippen molar-refractivity contribution >= 4 is 27.7 Å². The van der Waals surface area contributed by atoms with Gasteiger partial charge in [0.2, 0.25) is 0 Å². The van der Waals surface area contributed by atoms with Gasteiger partial charge in [-0.05, 0) is 19.4 Å². The Kier molecular flexibility index (Phi) is 4.49. The van der Waals surface area contributed by atoms with Crippen LogP contribution in [0.15, 0.2) is 24.3 Å². The molecule has 0 radical (unpaired) electrons. The van der Waals surface area contributed by atoms with Crippen molar-refractivity contribution in [3.05, 3.63) is 45.5 Å². The normalized spacial score (nSPS) is 10.8. The van der Waals surface area contributed by atoms with E-state index in [1.54, 1.807) is 18.2 Å². The molecule has 0 saturated carbocycles. The van der Waals surface area contributed by atoms with E-state index in [2.05, 4.69) is 15.9 Å². The number of halogens is 1. The second kappa shape index (κ2) is 5.66. The smallest absolute Gasteiger partial charge is 0.258 e. The molecule has 0 aromatic heterocycles. The van der Waals surface area contributed by atoms with Crippen LogP contribution in [-0.4, -0.2) is 10.3 Å². The molecular formula is C11H12BrNO2. The topological polar surface area (TPSA) is 43.1 Å². The Labute approximate surface area is 97.1 Å². The van der Waals surface area contributed by atoms with E-state index in [0.717, 1.165) is 17.3 Å². The first-order chi connectivity index (χ1) is 7.15. The first kappa shape index (κ1) is 11.9. The largest absolute Gasteiger partial charge is 0.276 e. The standard InChI is InChI=1S/C11H12BrNO2/c1-9-5-6-11(13(14)15)10(8-9)4-2-3-7-12/h2,4-6,8H,3,7H2,1H3. The number of nitrogens with zero attached hydrogens (tertiary/aromatic N) is 1. The van der Waals surface area contributed by atoms with Crippen molar-refractivity contribution in [2.45, 2.75) is 13.3 Å². The Bertz CT molecular complexity index is 388.